The Bertz CT molecular complexity index is 335. The zero-order valence-corrected chi connectivity index (χ0v) is 10.6. The van der Waals surface area contributed by atoms with Crippen LogP contribution in [0, 0.1) is 0 Å². The van der Waals surface area contributed by atoms with Crippen molar-refractivity contribution >= 4 is 23.8 Å². The average molecular weight is 277 g/mol. The number of ether oxygens (including phenoxy) is 3. The molecule has 0 rings (SSSR count). The molecule has 0 aromatic carbocycles. The van der Waals surface area contributed by atoms with Crippen molar-refractivity contribution in [2.24, 2.45) is 0 Å². The number of aliphatic carboxylic acids is 1. The molecule has 0 aromatic rings. The van der Waals surface area contributed by atoms with E-state index in [1.165, 1.54) is 0 Å². The van der Waals surface area contributed by atoms with Crippen molar-refractivity contribution in [3.8, 4) is 0 Å². The van der Waals surface area contributed by atoms with Gasteiger partial charge in [0.25, 0.3) is 0 Å². The van der Waals surface area contributed by atoms with Gasteiger partial charge < -0.3 is 24.2 Å². The van der Waals surface area contributed by atoms with E-state index in [2.05, 4.69) is 14.2 Å². The molecule has 0 saturated heterocycles. The molecule has 0 radical (unpaired) electrons. The van der Waals surface area contributed by atoms with Gasteiger partial charge in [-0.15, -0.1) is 0 Å². The molecule has 0 aromatic heterocycles. The van der Waals surface area contributed by atoms with E-state index in [0.29, 0.717) is 0 Å². The molecule has 0 saturated carbocycles. The third-order valence-corrected chi connectivity index (χ3v) is 1.90. The molecule has 0 aliphatic heterocycles. The van der Waals surface area contributed by atoms with Gasteiger partial charge in [0.1, 0.15) is 26.3 Å². The Labute approximate surface area is 109 Å². The number of amides is 1. The van der Waals surface area contributed by atoms with Crippen molar-refractivity contribution in [2.75, 3.05) is 40.5 Å². The number of esters is 2. The molecule has 0 heterocycles. The number of nitrogens with zero attached hydrogens (tertiary/aromatic N) is 1. The minimum absolute atomic E-state index is 0.457. The zero-order valence-electron chi connectivity index (χ0n) is 10.6. The molecule has 0 bridgehead atoms. The van der Waals surface area contributed by atoms with Crippen molar-refractivity contribution < 1.29 is 38.5 Å². The first-order chi connectivity index (χ1) is 8.90. The summed E-state index contributed by atoms with van der Waals surface area (Å²) in [4.78, 5) is 44.8. The van der Waals surface area contributed by atoms with E-state index < -0.39 is 50.1 Å². The van der Waals surface area contributed by atoms with Crippen molar-refractivity contribution in [3.63, 3.8) is 0 Å². The SMILES string of the molecule is COC(=O)CN(CC(=O)OC)C(=O)COCC(=O)O. The molecule has 0 spiro atoms. The molecule has 0 fully saturated rings. The van der Waals surface area contributed by atoms with Crippen LogP contribution in [-0.4, -0.2) is 74.3 Å². The second-order valence-corrected chi connectivity index (χ2v) is 3.29. The van der Waals surface area contributed by atoms with E-state index in [4.69, 9.17) is 5.11 Å². The number of hydrogen-bond acceptors (Lipinski definition) is 7. The smallest absolute Gasteiger partial charge is 0.329 e. The maximum absolute atomic E-state index is 11.6. The summed E-state index contributed by atoms with van der Waals surface area (Å²) in [5, 5.41) is 8.33. The summed E-state index contributed by atoms with van der Waals surface area (Å²) in [5.41, 5.74) is 0. The number of carbonyl (C=O) groups is 4. The maximum Gasteiger partial charge on any atom is 0.329 e. The summed E-state index contributed by atoms with van der Waals surface area (Å²) >= 11 is 0. The van der Waals surface area contributed by atoms with E-state index in [-0.39, 0.29) is 0 Å². The van der Waals surface area contributed by atoms with Gasteiger partial charge in [-0.1, -0.05) is 0 Å². The topological polar surface area (TPSA) is 119 Å². The van der Waals surface area contributed by atoms with Crippen LogP contribution in [0.2, 0.25) is 0 Å². The number of carboxylic acids is 1. The van der Waals surface area contributed by atoms with E-state index in [1.807, 2.05) is 0 Å². The van der Waals surface area contributed by atoms with E-state index >= 15 is 0 Å². The van der Waals surface area contributed by atoms with Crippen LogP contribution in [0.1, 0.15) is 0 Å². The third-order valence-electron chi connectivity index (χ3n) is 1.90. The molecular weight excluding hydrogens is 262 g/mol. The van der Waals surface area contributed by atoms with Crippen molar-refractivity contribution in [1.29, 1.82) is 0 Å². The molecule has 0 aliphatic carbocycles. The first-order valence-electron chi connectivity index (χ1n) is 5.11. The summed E-state index contributed by atoms with van der Waals surface area (Å²) in [5.74, 6) is -3.41. The third kappa shape index (κ3) is 7.71. The summed E-state index contributed by atoms with van der Waals surface area (Å²) in [6.45, 7) is -2.14. The van der Waals surface area contributed by atoms with Crippen LogP contribution in [0.5, 0.6) is 0 Å². The first kappa shape index (κ1) is 16.8. The second kappa shape index (κ2) is 8.86. The molecule has 0 aliphatic rings. The summed E-state index contributed by atoms with van der Waals surface area (Å²) < 4.78 is 13.3. The highest BCUT2D eigenvalue weighted by Gasteiger charge is 2.21. The van der Waals surface area contributed by atoms with Gasteiger partial charge in [-0.25, -0.2) is 4.79 Å². The largest absolute Gasteiger partial charge is 0.480 e. The lowest BCUT2D eigenvalue weighted by Crippen LogP contribution is -2.42. The number of rotatable bonds is 8. The molecule has 9 heteroatoms. The Morgan fingerprint density at radius 1 is 0.947 bits per heavy atom. The number of carbonyl (C=O) groups excluding carboxylic acids is 3. The molecule has 108 valence electrons. The lowest BCUT2D eigenvalue weighted by molar-refractivity contribution is -0.155. The molecule has 19 heavy (non-hydrogen) atoms. The van der Waals surface area contributed by atoms with Gasteiger partial charge in [-0.05, 0) is 0 Å². The van der Waals surface area contributed by atoms with Gasteiger partial charge in [-0.3, -0.25) is 14.4 Å². The lowest BCUT2D eigenvalue weighted by atomic mass is 10.4. The van der Waals surface area contributed by atoms with Gasteiger partial charge in [0.05, 0.1) is 14.2 Å². The summed E-state index contributed by atoms with van der Waals surface area (Å²) in [6, 6.07) is 0. The number of carboxylic acid groups (broad SMARTS) is 1. The Kier molecular flexibility index (Phi) is 7.85. The molecule has 0 unspecified atom stereocenters. The number of methoxy groups -OCH3 is 2. The fourth-order valence-electron chi connectivity index (χ4n) is 0.990. The van der Waals surface area contributed by atoms with Crippen LogP contribution in [0.25, 0.3) is 0 Å². The summed E-state index contributed by atoms with van der Waals surface area (Å²) in [6.07, 6.45) is 0. The highest BCUT2D eigenvalue weighted by molar-refractivity contribution is 5.86. The van der Waals surface area contributed by atoms with Gasteiger partial charge in [0, 0.05) is 0 Å². The molecule has 1 amide bonds. The van der Waals surface area contributed by atoms with E-state index in [0.717, 1.165) is 19.1 Å². The highest BCUT2D eigenvalue weighted by atomic mass is 16.5. The monoisotopic (exact) mass is 277 g/mol. The van der Waals surface area contributed by atoms with E-state index in [1.54, 1.807) is 0 Å². The van der Waals surface area contributed by atoms with Crippen LogP contribution in [0.3, 0.4) is 0 Å². The van der Waals surface area contributed by atoms with Crippen molar-refractivity contribution in [2.45, 2.75) is 0 Å². The standard InChI is InChI=1S/C10H15NO8/c1-17-9(15)3-11(4-10(16)18-2)7(12)5-19-6-8(13)14/h3-6H2,1-2H3,(H,13,14). The zero-order chi connectivity index (χ0) is 14.8. The second-order valence-electron chi connectivity index (χ2n) is 3.29. The van der Waals surface area contributed by atoms with Gasteiger partial charge in [0.15, 0.2) is 0 Å². The fourth-order valence-corrected chi connectivity index (χ4v) is 0.990. The minimum Gasteiger partial charge on any atom is -0.480 e. The normalized spacial score (nSPS) is 9.58. The van der Waals surface area contributed by atoms with Crippen LogP contribution in [0.4, 0.5) is 0 Å². The van der Waals surface area contributed by atoms with Crippen molar-refractivity contribution in [3.05, 3.63) is 0 Å². The quantitative estimate of drug-likeness (QED) is 0.519. The molecule has 0 atom stereocenters. The number of hydrogen-bond donors (Lipinski definition) is 1. The van der Waals surface area contributed by atoms with Crippen LogP contribution >= 0.6 is 0 Å². The molecule has 9 nitrogen and oxygen atoms in total. The van der Waals surface area contributed by atoms with Crippen LogP contribution < -0.4 is 0 Å². The Balaban J connectivity index is 4.44. The Morgan fingerprint density at radius 3 is 1.79 bits per heavy atom. The lowest BCUT2D eigenvalue weighted by Gasteiger charge is -2.19. The van der Waals surface area contributed by atoms with Crippen LogP contribution in [-0.2, 0) is 33.4 Å². The highest BCUT2D eigenvalue weighted by Crippen LogP contribution is 1.94. The predicted octanol–water partition coefficient (Wildman–Crippen LogP) is -1.74. The van der Waals surface area contributed by atoms with Gasteiger partial charge in [-0.2, -0.15) is 0 Å². The fraction of sp³-hybridized carbons (Fsp3) is 0.600. The molecule has 1 N–H and O–H groups in total. The Morgan fingerprint density at radius 2 is 1.42 bits per heavy atom. The van der Waals surface area contributed by atoms with Crippen LogP contribution in [0.15, 0.2) is 0 Å². The summed E-state index contributed by atoms with van der Waals surface area (Å²) in [7, 11) is 2.26. The first-order valence-corrected chi connectivity index (χ1v) is 5.11. The average Bonchev–Trinajstić information content (AvgIpc) is 2.36. The van der Waals surface area contributed by atoms with E-state index in [9.17, 15) is 19.2 Å². The Hall–Kier alpha value is -2.16. The van der Waals surface area contributed by atoms with Gasteiger partial charge >= 0.3 is 17.9 Å². The van der Waals surface area contributed by atoms with Gasteiger partial charge in [0.2, 0.25) is 5.91 Å². The van der Waals surface area contributed by atoms with Crippen molar-refractivity contribution in [1.82, 2.24) is 4.90 Å². The molecular formula is C10H15NO8. The minimum atomic E-state index is -1.24. The predicted molar refractivity (Wildman–Crippen MR) is 59.1 cm³/mol. The maximum atomic E-state index is 11.6.